The quantitative estimate of drug-likeness (QED) is 0.549. The topological polar surface area (TPSA) is 83.2 Å². The number of urea groups is 1. The maximum Gasteiger partial charge on any atom is 0.327 e. The predicted molar refractivity (Wildman–Crippen MR) is 139 cm³/mol. The number of imide groups is 1. The van der Waals surface area contributed by atoms with Crippen LogP contribution in [0.2, 0.25) is 0 Å². The first-order valence-corrected chi connectivity index (χ1v) is 12.8. The molecule has 0 saturated carbocycles. The number of carbonyl (C=O) groups excluding carboxylic acids is 2. The third-order valence-corrected chi connectivity index (χ3v) is 7.34. The monoisotopic (exact) mass is 491 g/mol. The van der Waals surface area contributed by atoms with Gasteiger partial charge >= 0.3 is 6.03 Å². The van der Waals surface area contributed by atoms with E-state index < -0.39 is 12.1 Å². The van der Waals surface area contributed by atoms with Crippen LogP contribution in [0.4, 0.5) is 10.5 Å². The minimum atomic E-state index is -0.442. The number of hydrogen-bond acceptors (Lipinski definition) is 7. The largest absolute Gasteiger partial charge is 0.368 e. The average molecular weight is 492 g/mol. The Morgan fingerprint density at radius 2 is 1.75 bits per heavy atom. The normalized spacial score (nSPS) is 27.2. The van der Waals surface area contributed by atoms with Gasteiger partial charge in [0.05, 0.1) is 6.17 Å². The van der Waals surface area contributed by atoms with E-state index in [-0.39, 0.29) is 30.2 Å². The second kappa shape index (κ2) is 10.2. The van der Waals surface area contributed by atoms with Crippen molar-refractivity contribution in [1.82, 2.24) is 30.5 Å². The molecule has 36 heavy (non-hydrogen) atoms. The molecule has 3 aliphatic rings. The van der Waals surface area contributed by atoms with Crippen LogP contribution in [0.5, 0.6) is 0 Å². The molecule has 3 fully saturated rings. The van der Waals surface area contributed by atoms with Crippen LogP contribution in [0.15, 0.2) is 54.6 Å². The van der Waals surface area contributed by atoms with Gasteiger partial charge in [0.1, 0.15) is 18.2 Å². The zero-order valence-electron chi connectivity index (χ0n) is 21.5. The molecule has 5 rings (SSSR count). The Balaban J connectivity index is 1.42. The lowest BCUT2D eigenvalue weighted by molar-refractivity contribution is -0.137. The number of benzene rings is 2. The van der Waals surface area contributed by atoms with Gasteiger partial charge < -0.3 is 10.2 Å². The first-order chi connectivity index (χ1) is 17.3. The molecular weight excluding hydrogens is 454 g/mol. The van der Waals surface area contributed by atoms with E-state index in [0.717, 1.165) is 24.3 Å². The van der Waals surface area contributed by atoms with Gasteiger partial charge in [-0.05, 0) is 36.2 Å². The van der Waals surface area contributed by atoms with Crippen molar-refractivity contribution in [1.29, 1.82) is 0 Å². The second-order valence-electron chi connectivity index (χ2n) is 10.5. The van der Waals surface area contributed by atoms with Crippen molar-refractivity contribution in [2.24, 2.45) is 11.8 Å². The van der Waals surface area contributed by atoms with Crippen molar-refractivity contribution >= 4 is 17.6 Å². The fourth-order valence-corrected chi connectivity index (χ4v) is 5.50. The molecule has 9 nitrogen and oxygen atoms in total. The number of rotatable bonds is 7. The Morgan fingerprint density at radius 3 is 2.39 bits per heavy atom. The van der Waals surface area contributed by atoms with Crippen LogP contribution < -0.4 is 16.1 Å². The fraction of sp³-hybridized carbons (Fsp3) is 0.481. The Labute approximate surface area is 213 Å². The van der Waals surface area contributed by atoms with Crippen molar-refractivity contribution in [3.63, 3.8) is 0 Å². The van der Waals surface area contributed by atoms with Gasteiger partial charge in [-0.2, -0.15) is 0 Å². The molecule has 4 unspecified atom stereocenters. The molecule has 2 aromatic rings. The van der Waals surface area contributed by atoms with Gasteiger partial charge in [0.15, 0.2) is 0 Å². The van der Waals surface area contributed by atoms with E-state index in [0.29, 0.717) is 13.1 Å². The molecule has 192 valence electrons. The molecular formula is C27H37N7O2. The molecule has 3 aliphatic heterocycles. The highest BCUT2D eigenvalue weighted by Gasteiger charge is 2.55. The number of likely N-dealkylation sites (N-methyl/N-ethyl adjacent to an activating group) is 1. The first-order valence-electron chi connectivity index (χ1n) is 12.8. The fourth-order valence-electron chi connectivity index (χ4n) is 5.50. The highest BCUT2D eigenvalue weighted by atomic mass is 16.2. The SMILES string of the molecule is CC(C)CN1C(=O)N(C)C(=O)C2C(Nc3ccccc3)N(Cc3ccc(C4NCCN4C)cc3)NC21. The number of fused-ring (bicyclic) bond motifs is 1. The van der Waals surface area contributed by atoms with Crippen LogP contribution in [0, 0.1) is 11.8 Å². The number of nitrogens with one attached hydrogen (secondary N) is 3. The van der Waals surface area contributed by atoms with Crippen LogP contribution in [0.1, 0.15) is 31.1 Å². The molecule has 3 amide bonds. The van der Waals surface area contributed by atoms with E-state index in [1.807, 2.05) is 30.3 Å². The summed E-state index contributed by atoms with van der Waals surface area (Å²) < 4.78 is 0. The molecule has 9 heteroatoms. The van der Waals surface area contributed by atoms with Gasteiger partial charge in [-0.15, -0.1) is 0 Å². The van der Waals surface area contributed by atoms with E-state index in [4.69, 9.17) is 0 Å². The smallest absolute Gasteiger partial charge is 0.327 e. The highest BCUT2D eigenvalue weighted by molar-refractivity contribution is 5.99. The maximum absolute atomic E-state index is 13.4. The molecule has 0 aromatic heterocycles. The van der Waals surface area contributed by atoms with Gasteiger partial charge in [0.25, 0.3) is 0 Å². The average Bonchev–Trinajstić information content (AvgIpc) is 3.45. The summed E-state index contributed by atoms with van der Waals surface area (Å²) in [5.74, 6) is -0.330. The number of para-hydroxylation sites is 1. The molecule has 2 aromatic carbocycles. The van der Waals surface area contributed by atoms with Crippen LogP contribution in [0.25, 0.3) is 0 Å². The molecule has 0 aliphatic carbocycles. The van der Waals surface area contributed by atoms with E-state index in [1.165, 1.54) is 10.5 Å². The predicted octanol–water partition coefficient (Wildman–Crippen LogP) is 2.47. The summed E-state index contributed by atoms with van der Waals surface area (Å²) in [4.78, 5) is 31.9. The molecule has 3 heterocycles. The molecule has 3 saturated heterocycles. The van der Waals surface area contributed by atoms with Crippen molar-refractivity contribution in [3.8, 4) is 0 Å². The van der Waals surface area contributed by atoms with E-state index in [1.54, 1.807) is 11.9 Å². The highest BCUT2D eigenvalue weighted by Crippen LogP contribution is 2.33. The lowest BCUT2D eigenvalue weighted by Gasteiger charge is -2.41. The maximum atomic E-state index is 13.4. The summed E-state index contributed by atoms with van der Waals surface area (Å²) in [6.07, 6.45) is -0.485. The number of hydrogen-bond donors (Lipinski definition) is 3. The van der Waals surface area contributed by atoms with Gasteiger partial charge in [0, 0.05) is 38.9 Å². The lowest BCUT2D eigenvalue weighted by Crippen LogP contribution is -2.64. The standard InChI is InChI=1S/C27H37N7O2/c1-18(2)16-33-25-22(26(35)32(4)27(33)36)24(29-21-8-6-5-7-9-21)34(30-25)17-19-10-12-20(13-11-19)23-28-14-15-31(23)3/h5-13,18,22-25,28-30H,14-17H2,1-4H3. The Bertz CT molecular complexity index is 1080. The van der Waals surface area contributed by atoms with Crippen LogP contribution in [0.3, 0.4) is 0 Å². The molecule has 0 radical (unpaired) electrons. The van der Waals surface area contributed by atoms with Gasteiger partial charge in [0.2, 0.25) is 5.91 Å². The Morgan fingerprint density at radius 1 is 1.03 bits per heavy atom. The van der Waals surface area contributed by atoms with Crippen LogP contribution in [-0.4, -0.2) is 77.7 Å². The zero-order chi connectivity index (χ0) is 25.4. The van der Waals surface area contributed by atoms with E-state index in [9.17, 15) is 9.59 Å². The summed E-state index contributed by atoms with van der Waals surface area (Å²) in [6.45, 7) is 7.37. The number of hydrazine groups is 1. The number of amides is 3. The van der Waals surface area contributed by atoms with Crippen LogP contribution in [-0.2, 0) is 11.3 Å². The van der Waals surface area contributed by atoms with Crippen molar-refractivity contribution < 1.29 is 9.59 Å². The third kappa shape index (κ3) is 4.71. The molecule has 0 bridgehead atoms. The van der Waals surface area contributed by atoms with Crippen molar-refractivity contribution in [3.05, 3.63) is 65.7 Å². The van der Waals surface area contributed by atoms with E-state index in [2.05, 4.69) is 71.1 Å². The summed E-state index contributed by atoms with van der Waals surface area (Å²) in [7, 11) is 3.72. The molecule has 0 spiro atoms. The minimum absolute atomic E-state index is 0.167. The first kappa shape index (κ1) is 24.7. The van der Waals surface area contributed by atoms with Crippen molar-refractivity contribution in [2.45, 2.75) is 38.9 Å². The van der Waals surface area contributed by atoms with Crippen molar-refractivity contribution in [2.75, 3.05) is 39.0 Å². The van der Waals surface area contributed by atoms with E-state index >= 15 is 0 Å². The van der Waals surface area contributed by atoms with Crippen LogP contribution >= 0.6 is 0 Å². The second-order valence-corrected chi connectivity index (χ2v) is 10.5. The van der Waals surface area contributed by atoms with Gasteiger partial charge in [-0.25, -0.2) is 15.2 Å². The Hall–Kier alpha value is -2.98. The summed E-state index contributed by atoms with van der Waals surface area (Å²) in [6, 6.07) is 18.3. The van der Waals surface area contributed by atoms with Gasteiger partial charge in [-0.1, -0.05) is 56.3 Å². The minimum Gasteiger partial charge on any atom is -0.368 e. The number of anilines is 1. The lowest BCUT2D eigenvalue weighted by atomic mass is 9.97. The van der Waals surface area contributed by atoms with Gasteiger partial charge in [-0.3, -0.25) is 19.9 Å². The third-order valence-electron chi connectivity index (χ3n) is 7.34. The summed E-state index contributed by atoms with van der Waals surface area (Å²) >= 11 is 0. The molecule has 4 atom stereocenters. The zero-order valence-corrected chi connectivity index (χ0v) is 21.5. The molecule has 3 N–H and O–H groups in total. The number of nitrogens with zero attached hydrogens (tertiary/aromatic N) is 4. The Kier molecular flexibility index (Phi) is 6.98. The summed E-state index contributed by atoms with van der Waals surface area (Å²) in [5, 5.41) is 9.18. The number of carbonyl (C=O) groups is 2. The summed E-state index contributed by atoms with van der Waals surface area (Å²) in [5.41, 5.74) is 6.84.